The van der Waals surface area contributed by atoms with E-state index in [1.54, 1.807) is 118 Å². The molecule has 9 aromatic carbocycles. The van der Waals surface area contributed by atoms with Crippen LogP contribution in [0.1, 0.15) is 136 Å². The number of nitrogens with zero attached hydrogens (tertiary/aromatic N) is 3. The number of pyridine rings is 3. The van der Waals surface area contributed by atoms with E-state index in [0.717, 1.165) is 93.6 Å². The smallest absolute Gasteiger partial charge is 0.407 e. The minimum Gasteiger partial charge on any atom is -0.481 e. The molecule has 21 heteroatoms. The van der Waals surface area contributed by atoms with Crippen LogP contribution >= 0.6 is 0 Å². The predicted octanol–water partition coefficient (Wildman–Crippen LogP) is 15.9. The molecular formula is C89H91N9O12. The summed E-state index contributed by atoms with van der Waals surface area (Å²) in [6, 6.07) is 61.1. The quantitative estimate of drug-likeness (QED) is 0.0200. The molecular weight excluding hydrogens is 1390 g/mol. The van der Waals surface area contributed by atoms with Crippen LogP contribution < -0.4 is 33.2 Å². The number of nitrogens with two attached hydrogens (primary N) is 3. The number of carboxylic acid groups (broad SMARTS) is 1. The number of esters is 3. The van der Waals surface area contributed by atoms with E-state index in [2.05, 4.69) is 30.9 Å². The number of carboxylic acids is 1. The summed E-state index contributed by atoms with van der Waals surface area (Å²) in [7, 11) is 0. The fourth-order valence-corrected chi connectivity index (χ4v) is 11.9. The Labute approximate surface area is 639 Å². The number of amides is 3. The first-order valence-electron chi connectivity index (χ1n) is 35.7. The van der Waals surface area contributed by atoms with Crippen LogP contribution in [-0.2, 0) is 53.2 Å². The molecule has 564 valence electrons. The molecule has 110 heavy (non-hydrogen) atoms. The Balaban J connectivity index is 0.000000181. The summed E-state index contributed by atoms with van der Waals surface area (Å²) < 4.78 is 21.7. The summed E-state index contributed by atoms with van der Waals surface area (Å²) in [6.07, 6.45) is 9.94. The van der Waals surface area contributed by atoms with E-state index in [9.17, 15) is 33.6 Å². The van der Waals surface area contributed by atoms with Crippen molar-refractivity contribution >= 4 is 91.2 Å². The van der Waals surface area contributed by atoms with E-state index in [0.29, 0.717) is 39.2 Å². The number of nitrogens with one attached hydrogen (secondary N) is 3. The number of nitrogen functional groups attached to an aromatic ring is 1. The van der Waals surface area contributed by atoms with E-state index in [-0.39, 0.29) is 63.2 Å². The highest BCUT2D eigenvalue weighted by atomic mass is 16.6. The van der Waals surface area contributed by atoms with Crippen molar-refractivity contribution in [3.05, 3.63) is 321 Å². The van der Waals surface area contributed by atoms with Gasteiger partial charge in [-0.05, 0) is 201 Å². The van der Waals surface area contributed by atoms with Gasteiger partial charge in [0.2, 0.25) is 11.8 Å². The lowest BCUT2D eigenvalue weighted by atomic mass is 9.96. The first-order chi connectivity index (χ1) is 52.7. The molecule has 0 aliphatic rings. The Kier molecular flexibility index (Phi) is 28.4. The van der Waals surface area contributed by atoms with Crippen LogP contribution in [-0.4, -0.2) is 87.1 Å². The number of hydrogen-bond acceptors (Lipinski definition) is 17. The summed E-state index contributed by atoms with van der Waals surface area (Å²) in [5, 5.41) is 23.9. The Morgan fingerprint density at radius 1 is 0.409 bits per heavy atom. The normalized spacial score (nSPS) is 11.7. The molecule has 0 bridgehead atoms. The van der Waals surface area contributed by atoms with Crippen molar-refractivity contribution in [2.75, 3.05) is 36.0 Å². The maximum atomic E-state index is 13.5. The first-order valence-corrected chi connectivity index (χ1v) is 35.7. The average Bonchev–Trinajstić information content (AvgIpc) is 0.833. The van der Waals surface area contributed by atoms with Crippen molar-refractivity contribution in [1.29, 1.82) is 0 Å². The Hall–Kier alpha value is -13.0. The molecule has 0 unspecified atom stereocenters. The summed E-state index contributed by atoms with van der Waals surface area (Å²) >= 11 is 0. The SMILES string of the molecule is Cc1ccc(C(=O)OCc2ccc([C@H](CN)C(=O)Nc3ccc4cnccc4c3)cc2)c(C)c1.Cc1ccc(C(=O)OCc2ccc([C@H](CN)C(=O)O)cc2)c(C)c1.Cc1ccc(C(=O)OCc2ccc([C@H](CNC(=O)OC(C)(C)C)C(=O)Nc3ccc4cnccc4c3)cc2)c(C)c1.Nc1ccc2cnccc2c1. The lowest BCUT2D eigenvalue weighted by Crippen LogP contribution is -2.37. The van der Waals surface area contributed by atoms with Gasteiger partial charge in [-0.3, -0.25) is 29.3 Å². The number of benzene rings is 9. The number of hydrogen-bond donors (Lipinski definition) is 7. The lowest BCUT2D eigenvalue weighted by molar-refractivity contribution is -0.138. The van der Waals surface area contributed by atoms with Crippen LogP contribution in [0.5, 0.6) is 0 Å². The largest absolute Gasteiger partial charge is 0.481 e. The average molecular weight is 1480 g/mol. The maximum Gasteiger partial charge on any atom is 0.407 e. The third-order valence-corrected chi connectivity index (χ3v) is 17.8. The Morgan fingerprint density at radius 3 is 1.11 bits per heavy atom. The van der Waals surface area contributed by atoms with Gasteiger partial charge in [0.05, 0.1) is 34.4 Å². The number of carbonyl (C=O) groups is 7. The molecule has 0 spiro atoms. The van der Waals surface area contributed by atoms with Gasteiger partial charge in [-0.1, -0.05) is 144 Å². The molecule has 3 amide bonds. The molecule has 0 radical (unpaired) electrons. The molecule has 12 aromatic rings. The van der Waals surface area contributed by atoms with Crippen molar-refractivity contribution in [2.24, 2.45) is 11.5 Å². The van der Waals surface area contributed by atoms with Crippen molar-refractivity contribution < 1.29 is 57.6 Å². The second-order valence-corrected chi connectivity index (χ2v) is 27.6. The van der Waals surface area contributed by atoms with Gasteiger partial charge in [-0.25, -0.2) is 19.2 Å². The van der Waals surface area contributed by atoms with Gasteiger partial charge in [0.15, 0.2) is 0 Å². The number of fused-ring (bicyclic) bond motifs is 3. The van der Waals surface area contributed by atoms with Gasteiger partial charge in [0.1, 0.15) is 25.4 Å². The van der Waals surface area contributed by atoms with Crippen molar-refractivity contribution in [3.8, 4) is 0 Å². The number of rotatable bonds is 21. The Morgan fingerprint density at radius 2 is 0.755 bits per heavy atom. The number of aromatic nitrogens is 3. The summed E-state index contributed by atoms with van der Waals surface area (Å²) in [5.41, 5.74) is 30.5. The zero-order valence-corrected chi connectivity index (χ0v) is 63.0. The number of alkyl carbamates (subject to hydrolysis) is 1. The van der Waals surface area contributed by atoms with E-state index in [4.69, 9.17) is 41.3 Å². The number of aryl methyl sites for hydroxylation is 6. The monoisotopic (exact) mass is 1480 g/mol. The maximum absolute atomic E-state index is 13.5. The second kappa shape index (κ2) is 38.5. The van der Waals surface area contributed by atoms with Gasteiger partial charge in [0.25, 0.3) is 0 Å². The highest BCUT2D eigenvalue weighted by molar-refractivity contribution is 6.00. The van der Waals surface area contributed by atoms with Gasteiger partial charge in [-0.15, -0.1) is 0 Å². The third-order valence-electron chi connectivity index (χ3n) is 17.8. The van der Waals surface area contributed by atoms with E-state index >= 15 is 0 Å². The molecule has 0 saturated heterocycles. The van der Waals surface area contributed by atoms with Gasteiger partial charge in [0, 0.05) is 90.0 Å². The van der Waals surface area contributed by atoms with Crippen LogP contribution in [0, 0.1) is 41.5 Å². The zero-order chi connectivity index (χ0) is 79.0. The minimum absolute atomic E-state index is 0.0271. The van der Waals surface area contributed by atoms with E-state index < -0.39 is 41.4 Å². The molecule has 12 rings (SSSR count). The van der Waals surface area contributed by atoms with Gasteiger partial charge >= 0.3 is 30.0 Å². The molecule has 0 aliphatic carbocycles. The standard InChI is InChI=1S/C33H35N3O5.C28H27N3O3.C19H21NO4.C9H8N2/c1-21-6-13-28(22(2)16-21)31(38)40-20-23-7-9-24(10-8-23)29(19-35-32(39)41-33(3,4)5)30(37)36-27-12-11-26-18-34-15-14-25(26)17-27;1-18-3-10-25(19(2)13-18)28(33)34-17-20-4-6-21(7-5-20)26(15-29)27(32)31-24-9-8-23-16-30-12-11-22(23)14-24;1-12-3-8-16(13(2)9-12)19(23)24-11-14-4-6-15(7-5-14)17(10-20)18(21)22;10-9-2-1-8-6-11-4-3-7(8)5-9/h6-18,29H,19-20H2,1-5H3,(H,35,39)(H,36,37);3-14,16,26H,15,17,29H2,1-2H3,(H,31,32);3-9,17H,10-11,20H2,1-2H3,(H,21,22);1-6H,10H2/t29-;26-;17-;/m000./s1. The Bertz CT molecular complexity index is 5240. The van der Waals surface area contributed by atoms with E-state index in [1.807, 2.05) is 181 Å². The second-order valence-electron chi connectivity index (χ2n) is 27.6. The van der Waals surface area contributed by atoms with Gasteiger partial charge < -0.3 is 57.2 Å². The van der Waals surface area contributed by atoms with Crippen LogP contribution in [0.2, 0.25) is 0 Å². The predicted molar refractivity (Wildman–Crippen MR) is 430 cm³/mol. The van der Waals surface area contributed by atoms with Crippen LogP contribution in [0.3, 0.4) is 0 Å². The summed E-state index contributed by atoms with van der Waals surface area (Å²) in [4.78, 5) is 99.2. The first kappa shape index (κ1) is 81.1. The molecule has 0 saturated carbocycles. The van der Waals surface area contributed by atoms with Crippen molar-refractivity contribution in [3.63, 3.8) is 0 Å². The molecule has 3 aromatic heterocycles. The van der Waals surface area contributed by atoms with E-state index in [1.165, 1.54) is 0 Å². The summed E-state index contributed by atoms with van der Waals surface area (Å²) in [6.45, 7) is 17.5. The lowest BCUT2D eigenvalue weighted by Gasteiger charge is -2.22. The van der Waals surface area contributed by atoms with Crippen molar-refractivity contribution in [1.82, 2.24) is 20.3 Å². The minimum atomic E-state index is -0.952. The van der Waals surface area contributed by atoms with Crippen LogP contribution in [0.15, 0.2) is 237 Å². The topological polar surface area (TPSA) is 329 Å². The highest BCUT2D eigenvalue weighted by Gasteiger charge is 2.26. The molecule has 21 nitrogen and oxygen atoms in total. The third kappa shape index (κ3) is 23.5. The number of aliphatic carboxylic acids is 1. The summed E-state index contributed by atoms with van der Waals surface area (Å²) in [5.74, 6) is -4.47. The number of anilines is 3. The van der Waals surface area contributed by atoms with Crippen LogP contribution in [0.25, 0.3) is 32.3 Å². The molecule has 0 aliphatic heterocycles. The highest BCUT2D eigenvalue weighted by Crippen LogP contribution is 2.27. The fourth-order valence-electron chi connectivity index (χ4n) is 11.9. The molecule has 10 N–H and O–H groups in total. The van der Waals surface area contributed by atoms with Gasteiger partial charge in [-0.2, -0.15) is 0 Å². The molecule has 0 fully saturated rings. The number of carbonyl (C=O) groups excluding carboxylic acids is 6. The number of ether oxygens (including phenoxy) is 4. The van der Waals surface area contributed by atoms with Crippen molar-refractivity contribution in [2.45, 2.75) is 105 Å². The zero-order valence-electron chi connectivity index (χ0n) is 63.0. The molecule has 3 heterocycles. The fraction of sp³-hybridized carbons (Fsp3) is 0.213. The van der Waals surface area contributed by atoms with Crippen LogP contribution in [0.4, 0.5) is 21.9 Å². The molecule has 3 atom stereocenters.